The Morgan fingerprint density at radius 2 is 1.68 bits per heavy atom. The van der Waals surface area contributed by atoms with Gasteiger partial charge in [-0.1, -0.05) is 0 Å². The second-order valence-corrected chi connectivity index (χ2v) is 6.16. The third kappa shape index (κ3) is 5.39. The van der Waals surface area contributed by atoms with Gasteiger partial charge < -0.3 is 24.3 Å². The fourth-order valence-corrected chi connectivity index (χ4v) is 2.71. The molecule has 1 aliphatic heterocycles. The number of rotatable bonds is 9. The zero-order chi connectivity index (χ0) is 19.8. The quantitative estimate of drug-likeness (QED) is 0.528. The molecule has 1 N–H and O–H groups in total. The van der Waals surface area contributed by atoms with E-state index in [1.165, 1.54) is 0 Å². The van der Waals surface area contributed by atoms with E-state index < -0.39 is 0 Å². The molecule has 2 aromatic rings. The number of hydrogen-bond acceptors (Lipinski definition) is 6. The molecule has 1 heterocycles. The first kappa shape index (κ1) is 19.5. The third-order valence-corrected chi connectivity index (χ3v) is 4.20. The molecule has 0 saturated heterocycles. The number of ketones is 1. The van der Waals surface area contributed by atoms with Crippen molar-refractivity contribution in [1.82, 2.24) is 5.32 Å². The Morgan fingerprint density at radius 1 is 0.964 bits per heavy atom. The summed E-state index contributed by atoms with van der Waals surface area (Å²) in [4.78, 5) is 24.2. The van der Waals surface area contributed by atoms with Crippen molar-refractivity contribution in [3.63, 3.8) is 0 Å². The monoisotopic (exact) mass is 385 g/mol. The SMILES string of the molecule is COc1ccc(OCCNC(=O)CCC(=O)c2ccc3c(c2)OCCO3)cc1. The number of methoxy groups -OCH3 is 1. The maximum absolute atomic E-state index is 12.3. The normalized spacial score (nSPS) is 12.2. The molecule has 0 bridgehead atoms. The predicted octanol–water partition coefficient (Wildman–Crippen LogP) is 2.62. The average Bonchev–Trinajstić information content (AvgIpc) is 2.75. The second-order valence-electron chi connectivity index (χ2n) is 6.16. The summed E-state index contributed by atoms with van der Waals surface area (Å²) >= 11 is 0. The highest BCUT2D eigenvalue weighted by molar-refractivity contribution is 5.98. The van der Waals surface area contributed by atoms with Gasteiger partial charge in [0.2, 0.25) is 5.91 Å². The maximum Gasteiger partial charge on any atom is 0.220 e. The summed E-state index contributed by atoms with van der Waals surface area (Å²) in [7, 11) is 1.60. The Kier molecular flexibility index (Phi) is 6.73. The van der Waals surface area contributed by atoms with Gasteiger partial charge in [-0.25, -0.2) is 0 Å². The minimum Gasteiger partial charge on any atom is -0.497 e. The van der Waals surface area contributed by atoms with Crippen LogP contribution in [0.4, 0.5) is 0 Å². The number of nitrogens with one attached hydrogen (secondary N) is 1. The fourth-order valence-electron chi connectivity index (χ4n) is 2.71. The third-order valence-electron chi connectivity index (χ3n) is 4.20. The Hall–Kier alpha value is -3.22. The summed E-state index contributed by atoms with van der Waals surface area (Å²) in [5.74, 6) is 2.35. The van der Waals surface area contributed by atoms with E-state index in [1.807, 2.05) is 0 Å². The van der Waals surface area contributed by atoms with Crippen molar-refractivity contribution < 1.29 is 28.5 Å². The number of Topliss-reactive ketones (excluding diaryl/α,β-unsaturated/α-hetero) is 1. The van der Waals surface area contributed by atoms with Gasteiger partial charge in [-0.15, -0.1) is 0 Å². The molecule has 7 heteroatoms. The minimum absolute atomic E-state index is 0.110. The maximum atomic E-state index is 12.3. The number of hydrogen-bond donors (Lipinski definition) is 1. The van der Waals surface area contributed by atoms with E-state index in [1.54, 1.807) is 49.6 Å². The second kappa shape index (κ2) is 9.64. The van der Waals surface area contributed by atoms with Crippen LogP contribution in [0, 0.1) is 0 Å². The number of fused-ring (bicyclic) bond motifs is 1. The molecular formula is C21H23NO6. The molecule has 0 saturated carbocycles. The zero-order valence-electron chi connectivity index (χ0n) is 15.7. The van der Waals surface area contributed by atoms with Crippen LogP contribution in [0.3, 0.4) is 0 Å². The smallest absolute Gasteiger partial charge is 0.220 e. The molecule has 28 heavy (non-hydrogen) atoms. The molecule has 0 unspecified atom stereocenters. The van der Waals surface area contributed by atoms with Gasteiger partial charge in [-0.05, 0) is 42.5 Å². The van der Waals surface area contributed by atoms with Gasteiger partial charge in [-0.3, -0.25) is 9.59 Å². The topological polar surface area (TPSA) is 83.1 Å². The molecule has 0 aromatic heterocycles. The van der Waals surface area contributed by atoms with Crippen LogP contribution in [-0.4, -0.2) is 45.2 Å². The standard InChI is InChI=1S/C21H23NO6/c1-25-16-3-5-17(6-4-16)26-11-10-22-21(24)9-7-18(23)15-2-8-19-20(14-15)28-13-12-27-19/h2-6,8,14H,7,9-13H2,1H3,(H,22,24). The molecule has 0 fully saturated rings. The van der Waals surface area contributed by atoms with Crippen molar-refractivity contribution in [2.45, 2.75) is 12.8 Å². The van der Waals surface area contributed by atoms with E-state index in [9.17, 15) is 9.59 Å². The first-order chi connectivity index (χ1) is 13.7. The van der Waals surface area contributed by atoms with E-state index in [0.717, 1.165) is 5.75 Å². The van der Waals surface area contributed by atoms with Crippen LogP contribution < -0.4 is 24.3 Å². The minimum atomic E-state index is -0.191. The van der Waals surface area contributed by atoms with Crippen LogP contribution in [0.5, 0.6) is 23.0 Å². The summed E-state index contributed by atoms with van der Waals surface area (Å²) in [5, 5.41) is 2.75. The molecule has 148 valence electrons. The number of carbonyl (C=O) groups excluding carboxylic acids is 2. The van der Waals surface area contributed by atoms with Crippen LogP contribution in [0.1, 0.15) is 23.2 Å². The Balaban J connectivity index is 1.36. The summed E-state index contributed by atoms with van der Waals surface area (Å²) in [5.41, 5.74) is 0.514. The number of benzene rings is 2. The molecule has 0 spiro atoms. The first-order valence-electron chi connectivity index (χ1n) is 9.12. The van der Waals surface area contributed by atoms with Gasteiger partial charge in [0.1, 0.15) is 31.3 Å². The van der Waals surface area contributed by atoms with Gasteiger partial charge in [-0.2, -0.15) is 0 Å². The van der Waals surface area contributed by atoms with Crippen molar-refractivity contribution in [3.05, 3.63) is 48.0 Å². The highest BCUT2D eigenvalue weighted by Gasteiger charge is 2.15. The molecular weight excluding hydrogens is 362 g/mol. The van der Waals surface area contributed by atoms with Crippen LogP contribution in [-0.2, 0) is 4.79 Å². The van der Waals surface area contributed by atoms with Gasteiger partial charge >= 0.3 is 0 Å². The molecule has 2 aromatic carbocycles. The molecule has 1 amide bonds. The number of carbonyl (C=O) groups is 2. The Labute approximate surface area is 163 Å². The summed E-state index contributed by atoms with van der Waals surface area (Å²) in [6.07, 6.45) is 0.251. The molecule has 0 aliphatic carbocycles. The van der Waals surface area contributed by atoms with Crippen LogP contribution in [0.25, 0.3) is 0 Å². The van der Waals surface area contributed by atoms with Crippen molar-refractivity contribution >= 4 is 11.7 Å². The van der Waals surface area contributed by atoms with Crippen molar-refractivity contribution in [3.8, 4) is 23.0 Å². The van der Waals surface area contributed by atoms with Gasteiger partial charge in [0.15, 0.2) is 17.3 Å². The van der Waals surface area contributed by atoms with Crippen molar-refractivity contribution in [2.75, 3.05) is 33.5 Å². The average molecular weight is 385 g/mol. The number of ether oxygens (including phenoxy) is 4. The van der Waals surface area contributed by atoms with E-state index in [0.29, 0.717) is 49.2 Å². The molecule has 7 nitrogen and oxygen atoms in total. The summed E-state index contributed by atoms with van der Waals surface area (Å²) in [6, 6.07) is 12.3. The lowest BCUT2D eigenvalue weighted by Gasteiger charge is -2.18. The Morgan fingerprint density at radius 3 is 2.43 bits per heavy atom. The summed E-state index contributed by atoms with van der Waals surface area (Å²) in [6.45, 7) is 1.67. The first-order valence-corrected chi connectivity index (χ1v) is 9.12. The predicted molar refractivity (Wildman–Crippen MR) is 102 cm³/mol. The highest BCUT2D eigenvalue weighted by Crippen LogP contribution is 2.31. The van der Waals surface area contributed by atoms with Crippen LogP contribution in [0.15, 0.2) is 42.5 Å². The van der Waals surface area contributed by atoms with Crippen LogP contribution >= 0.6 is 0 Å². The lowest BCUT2D eigenvalue weighted by atomic mass is 10.1. The molecule has 1 aliphatic rings. The zero-order valence-corrected chi connectivity index (χ0v) is 15.7. The highest BCUT2D eigenvalue weighted by atomic mass is 16.6. The van der Waals surface area contributed by atoms with Crippen molar-refractivity contribution in [2.24, 2.45) is 0 Å². The van der Waals surface area contributed by atoms with Gasteiger partial charge in [0, 0.05) is 18.4 Å². The molecule has 3 rings (SSSR count). The Bertz CT molecular complexity index is 818. The molecule has 0 atom stereocenters. The van der Waals surface area contributed by atoms with E-state index in [-0.39, 0.29) is 24.5 Å². The van der Waals surface area contributed by atoms with E-state index >= 15 is 0 Å². The van der Waals surface area contributed by atoms with E-state index in [2.05, 4.69) is 5.32 Å². The lowest BCUT2D eigenvalue weighted by molar-refractivity contribution is -0.121. The number of amides is 1. The lowest BCUT2D eigenvalue weighted by Crippen LogP contribution is -2.28. The van der Waals surface area contributed by atoms with Gasteiger partial charge in [0.05, 0.1) is 13.7 Å². The fraction of sp³-hybridized carbons (Fsp3) is 0.333. The van der Waals surface area contributed by atoms with Crippen LogP contribution in [0.2, 0.25) is 0 Å². The van der Waals surface area contributed by atoms with Gasteiger partial charge in [0.25, 0.3) is 0 Å². The van der Waals surface area contributed by atoms with E-state index in [4.69, 9.17) is 18.9 Å². The molecule has 0 radical (unpaired) electrons. The summed E-state index contributed by atoms with van der Waals surface area (Å²) < 4.78 is 21.5. The van der Waals surface area contributed by atoms with Crippen molar-refractivity contribution in [1.29, 1.82) is 0 Å². The largest absolute Gasteiger partial charge is 0.497 e.